The van der Waals surface area contributed by atoms with Gasteiger partial charge in [-0.05, 0) is 38.8 Å². The maximum absolute atomic E-state index is 4.30. The molecule has 1 unspecified atom stereocenters. The van der Waals surface area contributed by atoms with Crippen molar-refractivity contribution in [1.29, 1.82) is 0 Å². The molecule has 2 rings (SSSR count). The van der Waals surface area contributed by atoms with Gasteiger partial charge in [0.25, 0.3) is 0 Å². The zero-order valence-corrected chi connectivity index (χ0v) is 11.0. The number of aromatic nitrogens is 3. The topological polar surface area (TPSA) is 53.6 Å². The number of hydrogen-bond acceptors (Lipinski definition) is 4. The number of thiazole rings is 1. The zero-order chi connectivity index (χ0) is 12.1. The van der Waals surface area contributed by atoms with E-state index in [0.29, 0.717) is 6.04 Å². The minimum atomic E-state index is 0.340. The van der Waals surface area contributed by atoms with Gasteiger partial charge in [-0.3, -0.25) is 5.10 Å². The molecule has 0 spiro atoms. The molecule has 2 aromatic rings. The minimum absolute atomic E-state index is 0.340. The number of aryl methyl sites for hydroxylation is 2. The van der Waals surface area contributed by atoms with Crippen molar-refractivity contribution in [3.05, 3.63) is 34.0 Å². The van der Waals surface area contributed by atoms with Crippen LogP contribution in [-0.4, -0.2) is 21.7 Å². The Morgan fingerprint density at radius 1 is 1.53 bits per heavy atom. The van der Waals surface area contributed by atoms with Gasteiger partial charge in [-0.15, -0.1) is 11.3 Å². The van der Waals surface area contributed by atoms with Crippen molar-refractivity contribution in [3.8, 4) is 0 Å². The quantitative estimate of drug-likeness (QED) is 0.774. The Morgan fingerprint density at radius 3 is 3.06 bits per heavy atom. The largest absolute Gasteiger partial charge is 0.309 e. The monoisotopic (exact) mass is 250 g/mol. The average Bonchev–Trinajstić information content (AvgIpc) is 2.96. The molecule has 2 aromatic heterocycles. The highest BCUT2D eigenvalue weighted by Gasteiger charge is 2.06. The maximum atomic E-state index is 4.30. The number of aromatic amines is 1. The van der Waals surface area contributed by atoms with E-state index in [-0.39, 0.29) is 0 Å². The van der Waals surface area contributed by atoms with Gasteiger partial charge in [-0.25, -0.2) is 4.98 Å². The van der Waals surface area contributed by atoms with Crippen LogP contribution in [0.5, 0.6) is 0 Å². The van der Waals surface area contributed by atoms with Crippen LogP contribution in [0.15, 0.2) is 17.1 Å². The van der Waals surface area contributed by atoms with Crippen molar-refractivity contribution in [1.82, 2.24) is 20.5 Å². The number of H-pyrrole nitrogens is 1. The Hall–Kier alpha value is -1.20. The second-order valence-electron chi connectivity index (χ2n) is 4.21. The Bertz CT molecular complexity index is 435. The molecule has 17 heavy (non-hydrogen) atoms. The standard InChI is InChI=1S/C12H18N4S/c1-9-11(6-15-16-9)4-3-5-13-10(2)12-7-17-8-14-12/h6-8,10,13H,3-5H2,1-2H3,(H,15,16). The highest BCUT2D eigenvalue weighted by molar-refractivity contribution is 7.07. The van der Waals surface area contributed by atoms with Crippen molar-refractivity contribution < 1.29 is 0 Å². The van der Waals surface area contributed by atoms with Crippen LogP contribution >= 0.6 is 11.3 Å². The van der Waals surface area contributed by atoms with Crippen LogP contribution in [0.4, 0.5) is 0 Å². The summed E-state index contributed by atoms with van der Waals surface area (Å²) in [7, 11) is 0. The molecule has 0 amide bonds. The molecule has 0 aliphatic heterocycles. The van der Waals surface area contributed by atoms with E-state index < -0.39 is 0 Å². The van der Waals surface area contributed by atoms with E-state index in [1.54, 1.807) is 11.3 Å². The smallest absolute Gasteiger partial charge is 0.0795 e. The number of rotatable bonds is 6. The minimum Gasteiger partial charge on any atom is -0.309 e. The van der Waals surface area contributed by atoms with Gasteiger partial charge in [-0.1, -0.05) is 0 Å². The normalized spacial score (nSPS) is 12.8. The molecule has 2 heterocycles. The van der Waals surface area contributed by atoms with Crippen molar-refractivity contribution >= 4 is 11.3 Å². The third-order valence-corrected chi connectivity index (χ3v) is 3.51. The SMILES string of the molecule is Cc1[nH]ncc1CCCNC(C)c1cscn1. The Balaban J connectivity index is 1.68. The summed E-state index contributed by atoms with van der Waals surface area (Å²) in [6.07, 6.45) is 4.10. The van der Waals surface area contributed by atoms with E-state index in [0.717, 1.165) is 25.1 Å². The van der Waals surface area contributed by atoms with Gasteiger partial charge >= 0.3 is 0 Å². The summed E-state index contributed by atoms with van der Waals surface area (Å²) < 4.78 is 0. The summed E-state index contributed by atoms with van der Waals surface area (Å²) in [5.41, 5.74) is 5.50. The van der Waals surface area contributed by atoms with Crippen molar-refractivity contribution in [2.24, 2.45) is 0 Å². The lowest BCUT2D eigenvalue weighted by Gasteiger charge is -2.10. The number of nitrogens with zero attached hydrogens (tertiary/aromatic N) is 2. The highest BCUT2D eigenvalue weighted by Crippen LogP contribution is 2.12. The van der Waals surface area contributed by atoms with Gasteiger partial charge in [0, 0.05) is 17.1 Å². The fourth-order valence-corrected chi connectivity index (χ4v) is 2.41. The van der Waals surface area contributed by atoms with Crippen LogP contribution in [0.2, 0.25) is 0 Å². The molecule has 1 atom stereocenters. The Kier molecular flexibility index (Phi) is 4.28. The van der Waals surface area contributed by atoms with Crippen LogP contribution in [0, 0.1) is 6.92 Å². The van der Waals surface area contributed by atoms with Gasteiger partial charge in [-0.2, -0.15) is 5.10 Å². The Morgan fingerprint density at radius 2 is 2.41 bits per heavy atom. The fraction of sp³-hybridized carbons (Fsp3) is 0.500. The highest BCUT2D eigenvalue weighted by atomic mass is 32.1. The lowest BCUT2D eigenvalue weighted by atomic mass is 10.1. The molecule has 92 valence electrons. The van der Waals surface area contributed by atoms with Crippen molar-refractivity contribution in [2.45, 2.75) is 32.7 Å². The van der Waals surface area contributed by atoms with E-state index in [9.17, 15) is 0 Å². The van der Waals surface area contributed by atoms with E-state index in [1.165, 1.54) is 11.3 Å². The summed E-state index contributed by atoms with van der Waals surface area (Å²) in [5, 5.41) is 12.6. The molecular formula is C12H18N4S. The first-order valence-electron chi connectivity index (χ1n) is 5.87. The molecule has 0 bridgehead atoms. The van der Waals surface area contributed by atoms with E-state index in [4.69, 9.17) is 0 Å². The predicted molar refractivity (Wildman–Crippen MR) is 70.2 cm³/mol. The summed E-state index contributed by atoms with van der Waals surface area (Å²) >= 11 is 1.64. The van der Waals surface area contributed by atoms with Gasteiger partial charge in [0.1, 0.15) is 0 Å². The Labute approximate surface area is 105 Å². The molecule has 0 radical (unpaired) electrons. The third kappa shape index (κ3) is 3.38. The molecule has 0 aromatic carbocycles. The lowest BCUT2D eigenvalue weighted by molar-refractivity contribution is 0.549. The first kappa shape index (κ1) is 12.3. The second-order valence-corrected chi connectivity index (χ2v) is 4.93. The first-order chi connectivity index (χ1) is 8.27. The summed E-state index contributed by atoms with van der Waals surface area (Å²) in [4.78, 5) is 4.30. The average molecular weight is 250 g/mol. The van der Waals surface area contributed by atoms with Crippen LogP contribution < -0.4 is 5.32 Å². The summed E-state index contributed by atoms with van der Waals surface area (Å²) in [6.45, 7) is 5.22. The third-order valence-electron chi connectivity index (χ3n) is 2.90. The fourth-order valence-electron chi connectivity index (χ4n) is 1.77. The number of nitrogens with one attached hydrogen (secondary N) is 2. The zero-order valence-electron chi connectivity index (χ0n) is 10.2. The molecule has 0 saturated heterocycles. The van der Waals surface area contributed by atoms with Crippen LogP contribution in [0.1, 0.15) is 36.3 Å². The molecule has 4 nitrogen and oxygen atoms in total. The van der Waals surface area contributed by atoms with Gasteiger partial charge < -0.3 is 5.32 Å². The molecule has 0 saturated carbocycles. The molecule has 2 N–H and O–H groups in total. The predicted octanol–water partition coefficient (Wildman–Crippen LogP) is 2.46. The second kappa shape index (κ2) is 5.93. The first-order valence-corrected chi connectivity index (χ1v) is 6.82. The van der Waals surface area contributed by atoms with Crippen molar-refractivity contribution in [2.75, 3.05) is 6.54 Å². The van der Waals surface area contributed by atoms with E-state index >= 15 is 0 Å². The maximum Gasteiger partial charge on any atom is 0.0795 e. The summed E-state index contributed by atoms with van der Waals surface area (Å²) in [6, 6.07) is 0.340. The van der Waals surface area contributed by atoms with Gasteiger partial charge in [0.05, 0.1) is 17.4 Å². The molecule has 5 heteroatoms. The molecule has 0 aliphatic rings. The van der Waals surface area contributed by atoms with Crippen LogP contribution in [0.25, 0.3) is 0 Å². The summed E-state index contributed by atoms with van der Waals surface area (Å²) in [5.74, 6) is 0. The van der Waals surface area contributed by atoms with E-state index in [2.05, 4.69) is 39.7 Å². The number of hydrogen-bond donors (Lipinski definition) is 2. The molecular weight excluding hydrogens is 232 g/mol. The van der Waals surface area contributed by atoms with Crippen molar-refractivity contribution in [3.63, 3.8) is 0 Å². The van der Waals surface area contributed by atoms with Crippen LogP contribution in [-0.2, 0) is 6.42 Å². The van der Waals surface area contributed by atoms with E-state index in [1.807, 2.05) is 11.7 Å². The molecule has 0 fully saturated rings. The van der Waals surface area contributed by atoms with Gasteiger partial charge in [0.2, 0.25) is 0 Å². The molecule has 0 aliphatic carbocycles. The van der Waals surface area contributed by atoms with Gasteiger partial charge in [0.15, 0.2) is 0 Å². The lowest BCUT2D eigenvalue weighted by Crippen LogP contribution is -2.20. The van der Waals surface area contributed by atoms with Crippen LogP contribution in [0.3, 0.4) is 0 Å².